The second kappa shape index (κ2) is 10.8. The van der Waals surface area contributed by atoms with Crippen LogP contribution in [0.25, 0.3) is 0 Å². The number of sulfone groups is 1. The number of likely N-dealkylation sites (tertiary alicyclic amines) is 1. The number of nitrogens with zero attached hydrogens (tertiary/aromatic N) is 3. The van der Waals surface area contributed by atoms with E-state index in [0.29, 0.717) is 26.2 Å². The number of halogens is 1. The van der Waals surface area contributed by atoms with E-state index < -0.39 is 9.84 Å². The first-order valence-corrected chi connectivity index (χ1v) is 12.3. The van der Waals surface area contributed by atoms with Crippen LogP contribution in [-0.2, 0) is 25.8 Å². The van der Waals surface area contributed by atoms with E-state index in [1.165, 1.54) is 12.1 Å². The number of amides is 2. The smallest absolute Gasteiger partial charge is 0.227 e. The zero-order valence-electron chi connectivity index (χ0n) is 18.1. The van der Waals surface area contributed by atoms with Crippen LogP contribution in [0.15, 0.2) is 29.2 Å². The fraction of sp³-hybridized carbons (Fsp3) is 0.619. The lowest BCUT2D eigenvalue weighted by Gasteiger charge is -2.43. The molecular weight excluding hydrogens is 442 g/mol. The van der Waals surface area contributed by atoms with Crippen LogP contribution >= 0.6 is 12.4 Å². The number of aliphatic hydroxyl groups excluding tert-OH is 1. The van der Waals surface area contributed by atoms with E-state index in [1.54, 1.807) is 24.0 Å². The van der Waals surface area contributed by atoms with Crippen molar-refractivity contribution < 1.29 is 23.1 Å². The van der Waals surface area contributed by atoms with Gasteiger partial charge in [0.25, 0.3) is 0 Å². The number of piperazine rings is 1. The van der Waals surface area contributed by atoms with E-state index >= 15 is 0 Å². The van der Waals surface area contributed by atoms with Crippen molar-refractivity contribution in [1.29, 1.82) is 0 Å². The minimum Gasteiger partial charge on any atom is -0.395 e. The van der Waals surface area contributed by atoms with Gasteiger partial charge in [0.15, 0.2) is 9.84 Å². The lowest BCUT2D eigenvalue weighted by molar-refractivity contribution is -0.142. The predicted molar refractivity (Wildman–Crippen MR) is 120 cm³/mol. The van der Waals surface area contributed by atoms with Crippen LogP contribution in [0.2, 0.25) is 0 Å². The molecule has 1 aromatic carbocycles. The molecule has 174 valence electrons. The summed E-state index contributed by atoms with van der Waals surface area (Å²) in [6.45, 7) is 4.64. The Balaban J connectivity index is 0.00000341. The van der Waals surface area contributed by atoms with Crippen LogP contribution < -0.4 is 0 Å². The van der Waals surface area contributed by atoms with Crippen LogP contribution in [0.1, 0.15) is 25.3 Å². The van der Waals surface area contributed by atoms with Gasteiger partial charge in [-0.05, 0) is 37.1 Å². The summed E-state index contributed by atoms with van der Waals surface area (Å²) in [5.41, 5.74) is 0.759. The lowest BCUT2D eigenvalue weighted by atomic mass is 10.1. The van der Waals surface area contributed by atoms with Crippen molar-refractivity contribution in [1.82, 2.24) is 14.7 Å². The average Bonchev–Trinajstić information content (AvgIpc) is 3.14. The molecule has 2 unspecified atom stereocenters. The standard InChI is InChI=1S/C21H31N3O5S.ClH/c1-16(26)22-10-11-24(19(13-22)14-23-9-3-4-18(23)15-25)21(27)12-17-5-7-20(8-6-17)30(2,28)29;/h5-8,18-19,25H,3-4,9-15H2,1-2H3;1H. The van der Waals surface area contributed by atoms with Gasteiger partial charge in [-0.15, -0.1) is 12.4 Å². The van der Waals surface area contributed by atoms with Crippen LogP contribution in [-0.4, -0.2) is 97.7 Å². The Morgan fingerprint density at radius 2 is 1.77 bits per heavy atom. The maximum absolute atomic E-state index is 13.1. The molecule has 0 bridgehead atoms. The molecule has 0 aliphatic carbocycles. The van der Waals surface area contributed by atoms with Crippen molar-refractivity contribution in [3.8, 4) is 0 Å². The molecule has 0 radical (unpaired) electrons. The summed E-state index contributed by atoms with van der Waals surface area (Å²) in [6.07, 6.45) is 3.31. The molecular formula is C21H32ClN3O5S. The summed E-state index contributed by atoms with van der Waals surface area (Å²) in [5, 5.41) is 9.63. The fourth-order valence-corrected chi connectivity index (χ4v) is 5.00. The molecule has 2 aliphatic rings. The molecule has 0 aromatic heterocycles. The van der Waals surface area contributed by atoms with Gasteiger partial charge in [0.1, 0.15) is 0 Å². The molecule has 10 heteroatoms. The highest BCUT2D eigenvalue weighted by Gasteiger charge is 2.35. The molecule has 2 saturated heterocycles. The zero-order valence-corrected chi connectivity index (χ0v) is 19.7. The number of benzene rings is 1. The van der Waals surface area contributed by atoms with E-state index in [2.05, 4.69) is 4.90 Å². The van der Waals surface area contributed by atoms with Crippen LogP contribution in [0.4, 0.5) is 0 Å². The second-order valence-electron chi connectivity index (χ2n) is 8.27. The van der Waals surface area contributed by atoms with Crippen LogP contribution in [0, 0.1) is 0 Å². The molecule has 2 amide bonds. The summed E-state index contributed by atoms with van der Waals surface area (Å²) in [5.74, 6) is -0.0290. The molecule has 2 atom stereocenters. The first-order valence-electron chi connectivity index (χ1n) is 10.4. The molecule has 3 rings (SSSR count). The highest BCUT2D eigenvalue weighted by Crippen LogP contribution is 2.21. The Kier molecular flexibility index (Phi) is 8.88. The summed E-state index contributed by atoms with van der Waals surface area (Å²) in [4.78, 5) is 31.1. The van der Waals surface area contributed by atoms with Crippen molar-refractivity contribution in [2.45, 2.75) is 43.2 Å². The topological polar surface area (TPSA) is 98.2 Å². The fourth-order valence-electron chi connectivity index (χ4n) is 4.37. The highest BCUT2D eigenvalue weighted by atomic mass is 35.5. The molecule has 0 spiro atoms. The van der Waals surface area contributed by atoms with Crippen molar-refractivity contribution in [2.24, 2.45) is 0 Å². The minimum atomic E-state index is -3.27. The Morgan fingerprint density at radius 3 is 2.35 bits per heavy atom. The third-order valence-corrected chi connectivity index (χ3v) is 7.24. The van der Waals surface area contributed by atoms with E-state index in [-0.39, 0.29) is 54.2 Å². The molecule has 2 heterocycles. The molecule has 0 saturated carbocycles. The lowest BCUT2D eigenvalue weighted by Crippen LogP contribution is -2.60. The van der Waals surface area contributed by atoms with Crippen molar-refractivity contribution >= 4 is 34.1 Å². The van der Waals surface area contributed by atoms with Gasteiger partial charge in [-0.2, -0.15) is 0 Å². The number of carbonyl (C=O) groups excluding carboxylic acids is 2. The van der Waals surface area contributed by atoms with Crippen molar-refractivity contribution in [3.05, 3.63) is 29.8 Å². The average molecular weight is 474 g/mol. The van der Waals surface area contributed by atoms with Gasteiger partial charge in [0.2, 0.25) is 11.8 Å². The van der Waals surface area contributed by atoms with Gasteiger partial charge in [-0.1, -0.05) is 12.1 Å². The first kappa shape index (κ1) is 25.6. The Labute approximate surface area is 190 Å². The summed E-state index contributed by atoms with van der Waals surface area (Å²) < 4.78 is 23.3. The maximum atomic E-state index is 13.1. The maximum Gasteiger partial charge on any atom is 0.227 e. The quantitative estimate of drug-likeness (QED) is 0.648. The Morgan fingerprint density at radius 1 is 1.10 bits per heavy atom. The van der Waals surface area contributed by atoms with Gasteiger partial charge >= 0.3 is 0 Å². The third-order valence-electron chi connectivity index (χ3n) is 6.11. The number of hydrogen-bond acceptors (Lipinski definition) is 6. The number of aliphatic hydroxyl groups is 1. The molecule has 8 nitrogen and oxygen atoms in total. The van der Waals surface area contributed by atoms with Gasteiger partial charge in [-0.3, -0.25) is 14.5 Å². The summed E-state index contributed by atoms with van der Waals surface area (Å²) in [7, 11) is -3.27. The van der Waals surface area contributed by atoms with Crippen molar-refractivity contribution in [2.75, 3.05) is 45.6 Å². The molecule has 31 heavy (non-hydrogen) atoms. The predicted octanol–water partition coefficient (Wildman–Crippen LogP) is 0.570. The van der Waals surface area contributed by atoms with Gasteiger partial charge in [0, 0.05) is 45.4 Å². The monoisotopic (exact) mass is 473 g/mol. The van der Waals surface area contributed by atoms with Crippen LogP contribution in [0.5, 0.6) is 0 Å². The SMILES string of the molecule is CC(=O)N1CCN(C(=O)Cc2ccc(S(C)(=O)=O)cc2)C(CN2CCCC2CO)C1.Cl. The van der Waals surface area contributed by atoms with Crippen LogP contribution in [0.3, 0.4) is 0 Å². The third kappa shape index (κ3) is 6.41. The largest absolute Gasteiger partial charge is 0.395 e. The Hall–Kier alpha value is -1.68. The van der Waals surface area contributed by atoms with Gasteiger partial charge in [0.05, 0.1) is 24.0 Å². The molecule has 1 aromatic rings. The van der Waals surface area contributed by atoms with Crippen molar-refractivity contribution in [3.63, 3.8) is 0 Å². The first-order chi connectivity index (χ1) is 14.2. The Bertz CT molecular complexity index is 878. The number of carbonyl (C=O) groups is 2. The number of hydrogen-bond donors (Lipinski definition) is 1. The molecule has 2 aliphatic heterocycles. The minimum absolute atomic E-state index is 0. The zero-order chi connectivity index (χ0) is 21.9. The summed E-state index contributed by atoms with van der Waals surface area (Å²) in [6, 6.07) is 6.39. The van der Waals surface area contributed by atoms with E-state index in [4.69, 9.17) is 0 Å². The van der Waals surface area contributed by atoms with E-state index in [1.807, 2.05) is 4.90 Å². The van der Waals surface area contributed by atoms with E-state index in [9.17, 15) is 23.1 Å². The van der Waals surface area contributed by atoms with Gasteiger partial charge in [-0.25, -0.2) is 8.42 Å². The molecule has 2 fully saturated rings. The number of rotatable bonds is 6. The summed E-state index contributed by atoms with van der Waals surface area (Å²) >= 11 is 0. The molecule has 1 N–H and O–H groups in total. The second-order valence-corrected chi connectivity index (χ2v) is 10.3. The van der Waals surface area contributed by atoms with E-state index in [0.717, 1.165) is 31.2 Å². The normalized spacial score (nSPS) is 22.3. The van der Waals surface area contributed by atoms with Gasteiger partial charge < -0.3 is 14.9 Å². The highest BCUT2D eigenvalue weighted by molar-refractivity contribution is 7.90.